The molecule has 0 aliphatic carbocycles. The van der Waals surface area contributed by atoms with Gasteiger partial charge in [0.15, 0.2) is 6.29 Å². The summed E-state index contributed by atoms with van der Waals surface area (Å²) in [5.74, 6) is 1.47. The van der Waals surface area contributed by atoms with Crippen LogP contribution in [0.5, 0.6) is 11.6 Å². The first kappa shape index (κ1) is 12.3. The molecule has 0 spiro atoms. The van der Waals surface area contributed by atoms with Crippen LogP contribution >= 0.6 is 0 Å². The molecule has 0 unspecified atom stereocenters. The number of nitrogens with zero attached hydrogens (tertiary/aromatic N) is 1. The van der Waals surface area contributed by atoms with Gasteiger partial charge in [0.2, 0.25) is 5.88 Å². The number of aromatic nitrogens is 1. The minimum Gasteiger partial charge on any atom is -0.438 e. The molecule has 3 heteroatoms. The van der Waals surface area contributed by atoms with Crippen LogP contribution in [0.1, 0.15) is 35.7 Å². The maximum atomic E-state index is 10.9. The van der Waals surface area contributed by atoms with Crippen LogP contribution in [0.15, 0.2) is 42.6 Å². The molecule has 0 atom stereocenters. The molecule has 0 bridgehead atoms. The lowest BCUT2D eigenvalue weighted by Crippen LogP contribution is -1.94. The van der Waals surface area contributed by atoms with Crippen molar-refractivity contribution >= 4 is 6.29 Å². The van der Waals surface area contributed by atoms with Crippen LogP contribution in [0.25, 0.3) is 0 Å². The Labute approximate surface area is 106 Å². The molecule has 2 rings (SSSR count). The van der Waals surface area contributed by atoms with E-state index in [-0.39, 0.29) is 0 Å². The summed E-state index contributed by atoms with van der Waals surface area (Å²) in [6, 6.07) is 11.2. The third-order valence-corrected chi connectivity index (χ3v) is 2.67. The van der Waals surface area contributed by atoms with Crippen molar-refractivity contribution in [3.8, 4) is 11.6 Å². The molecule has 0 aliphatic heterocycles. The highest BCUT2D eigenvalue weighted by atomic mass is 16.5. The first-order chi connectivity index (χ1) is 8.70. The Morgan fingerprint density at radius 2 is 2.06 bits per heavy atom. The molecular formula is C15H15NO2. The van der Waals surface area contributed by atoms with E-state index in [1.165, 1.54) is 5.56 Å². The number of hydrogen-bond donors (Lipinski definition) is 0. The number of benzene rings is 1. The van der Waals surface area contributed by atoms with Gasteiger partial charge in [-0.25, -0.2) is 4.98 Å². The van der Waals surface area contributed by atoms with Gasteiger partial charge in [0.1, 0.15) is 5.75 Å². The third-order valence-electron chi connectivity index (χ3n) is 2.67. The van der Waals surface area contributed by atoms with Gasteiger partial charge in [-0.05, 0) is 35.7 Å². The van der Waals surface area contributed by atoms with Gasteiger partial charge < -0.3 is 4.74 Å². The number of aldehydes is 1. The average molecular weight is 241 g/mol. The molecule has 0 N–H and O–H groups in total. The van der Waals surface area contributed by atoms with Crippen LogP contribution in [0.4, 0.5) is 0 Å². The smallest absolute Gasteiger partial charge is 0.229 e. The molecule has 0 radical (unpaired) electrons. The molecule has 1 heterocycles. The maximum absolute atomic E-state index is 10.9. The molecule has 92 valence electrons. The highest BCUT2D eigenvalue weighted by molar-refractivity contribution is 5.78. The van der Waals surface area contributed by atoms with E-state index in [0.29, 0.717) is 23.1 Å². The quantitative estimate of drug-likeness (QED) is 0.764. The van der Waals surface area contributed by atoms with Crippen molar-refractivity contribution in [2.45, 2.75) is 19.8 Å². The van der Waals surface area contributed by atoms with Gasteiger partial charge in [0.25, 0.3) is 0 Å². The van der Waals surface area contributed by atoms with Crippen molar-refractivity contribution < 1.29 is 9.53 Å². The van der Waals surface area contributed by atoms with Gasteiger partial charge >= 0.3 is 0 Å². The van der Waals surface area contributed by atoms with Gasteiger partial charge in [-0.1, -0.05) is 26.0 Å². The predicted molar refractivity (Wildman–Crippen MR) is 70.2 cm³/mol. The summed E-state index contributed by atoms with van der Waals surface area (Å²) < 4.78 is 5.65. The normalized spacial score (nSPS) is 10.4. The predicted octanol–water partition coefficient (Wildman–Crippen LogP) is 3.81. The summed E-state index contributed by atoms with van der Waals surface area (Å²) in [5.41, 5.74) is 1.64. The second-order valence-corrected chi connectivity index (χ2v) is 4.34. The lowest BCUT2D eigenvalue weighted by atomic mass is 10.0. The Bertz CT molecular complexity index is 550. The first-order valence-electron chi connectivity index (χ1n) is 5.88. The zero-order valence-corrected chi connectivity index (χ0v) is 10.5. The van der Waals surface area contributed by atoms with Crippen molar-refractivity contribution in [1.82, 2.24) is 4.98 Å². The second-order valence-electron chi connectivity index (χ2n) is 4.34. The van der Waals surface area contributed by atoms with E-state index in [1.54, 1.807) is 18.3 Å². The maximum Gasteiger partial charge on any atom is 0.229 e. The van der Waals surface area contributed by atoms with E-state index in [1.807, 2.05) is 18.2 Å². The second kappa shape index (κ2) is 5.45. The highest BCUT2D eigenvalue weighted by Crippen LogP contribution is 2.25. The minimum atomic E-state index is 0.341. The summed E-state index contributed by atoms with van der Waals surface area (Å²) in [6.45, 7) is 4.24. The fourth-order valence-corrected chi connectivity index (χ4v) is 1.63. The Kier molecular flexibility index (Phi) is 3.72. The molecule has 0 saturated carbocycles. The summed E-state index contributed by atoms with van der Waals surface area (Å²) >= 11 is 0. The van der Waals surface area contributed by atoms with Crippen LogP contribution in [-0.4, -0.2) is 11.3 Å². The Morgan fingerprint density at radius 3 is 2.78 bits per heavy atom. The van der Waals surface area contributed by atoms with Crippen molar-refractivity contribution in [2.24, 2.45) is 0 Å². The zero-order valence-electron chi connectivity index (χ0n) is 10.5. The molecule has 0 fully saturated rings. The molecule has 1 aromatic heterocycles. The van der Waals surface area contributed by atoms with Gasteiger partial charge in [0.05, 0.1) is 5.56 Å². The number of hydrogen-bond acceptors (Lipinski definition) is 3. The summed E-state index contributed by atoms with van der Waals surface area (Å²) in [6.07, 6.45) is 2.35. The van der Waals surface area contributed by atoms with E-state index in [9.17, 15) is 4.79 Å². The molecule has 2 aromatic rings. The lowest BCUT2D eigenvalue weighted by Gasteiger charge is -2.09. The lowest BCUT2D eigenvalue weighted by molar-refractivity contribution is 0.112. The molecule has 1 aromatic carbocycles. The van der Waals surface area contributed by atoms with Crippen molar-refractivity contribution in [3.63, 3.8) is 0 Å². The number of ether oxygens (including phenoxy) is 1. The van der Waals surface area contributed by atoms with Crippen LogP contribution < -0.4 is 4.74 Å². The largest absolute Gasteiger partial charge is 0.438 e. The Morgan fingerprint density at radius 1 is 1.22 bits per heavy atom. The molecule has 0 amide bonds. The van der Waals surface area contributed by atoms with E-state index >= 15 is 0 Å². The number of rotatable bonds is 4. The van der Waals surface area contributed by atoms with Crippen LogP contribution in [0.2, 0.25) is 0 Å². The van der Waals surface area contributed by atoms with E-state index < -0.39 is 0 Å². The summed E-state index contributed by atoms with van der Waals surface area (Å²) in [5, 5.41) is 0. The fraction of sp³-hybridized carbons (Fsp3) is 0.200. The summed E-state index contributed by atoms with van der Waals surface area (Å²) in [7, 11) is 0. The van der Waals surface area contributed by atoms with Gasteiger partial charge in [-0.3, -0.25) is 4.79 Å². The molecular weight excluding hydrogens is 226 g/mol. The van der Waals surface area contributed by atoms with Crippen LogP contribution in [0, 0.1) is 0 Å². The van der Waals surface area contributed by atoms with Crippen molar-refractivity contribution in [1.29, 1.82) is 0 Å². The number of carbonyl (C=O) groups excluding carboxylic acids is 1. The number of pyridine rings is 1. The molecule has 0 saturated heterocycles. The SMILES string of the molecule is CC(C)c1cccc(Oc2ncccc2C=O)c1. The van der Waals surface area contributed by atoms with E-state index in [0.717, 1.165) is 6.29 Å². The summed E-state index contributed by atoms with van der Waals surface area (Å²) in [4.78, 5) is 14.9. The van der Waals surface area contributed by atoms with Crippen LogP contribution in [-0.2, 0) is 0 Å². The zero-order chi connectivity index (χ0) is 13.0. The fourth-order valence-electron chi connectivity index (χ4n) is 1.63. The van der Waals surface area contributed by atoms with Gasteiger partial charge in [0, 0.05) is 6.20 Å². The van der Waals surface area contributed by atoms with Crippen LogP contribution in [0.3, 0.4) is 0 Å². The third kappa shape index (κ3) is 2.74. The first-order valence-corrected chi connectivity index (χ1v) is 5.88. The standard InChI is InChI=1S/C15H15NO2/c1-11(2)12-5-3-7-14(9-12)18-15-13(10-17)6-4-8-16-15/h3-11H,1-2H3. The Balaban J connectivity index is 2.28. The topological polar surface area (TPSA) is 39.2 Å². The van der Waals surface area contributed by atoms with Gasteiger partial charge in [-0.2, -0.15) is 0 Å². The van der Waals surface area contributed by atoms with Gasteiger partial charge in [-0.15, -0.1) is 0 Å². The Hall–Kier alpha value is -2.16. The monoisotopic (exact) mass is 241 g/mol. The van der Waals surface area contributed by atoms with E-state index in [4.69, 9.17) is 4.74 Å². The molecule has 18 heavy (non-hydrogen) atoms. The molecule has 0 aliphatic rings. The molecule has 3 nitrogen and oxygen atoms in total. The van der Waals surface area contributed by atoms with E-state index in [2.05, 4.69) is 24.9 Å². The minimum absolute atomic E-state index is 0.341. The highest BCUT2D eigenvalue weighted by Gasteiger charge is 2.06. The van der Waals surface area contributed by atoms with Crippen molar-refractivity contribution in [3.05, 3.63) is 53.7 Å². The van der Waals surface area contributed by atoms with Crippen molar-refractivity contribution in [2.75, 3.05) is 0 Å². The average Bonchev–Trinajstić information content (AvgIpc) is 2.39. The number of carbonyl (C=O) groups is 1.